The summed E-state index contributed by atoms with van der Waals surface area (Å²) in [4.78, 5) is 11.2. The zero-order valence-electron chi connectivity index (χ0n) is 13.3. The molecule has 23 heavy (non-hydrogen) atoms. The Hall–Kier alpha value is -2.33. The molecule has 0 saturated heterocycles. The lowest BCUT2D eigenvalue weighted by Crippen LogP contribution is -2.26. The Kier molecular flexibility index (Phi) is 6.63. The van der Waals surface area contributed by atoms with E-state index in [1.165, 1.54) is 0 Å². The first-order valence-corrected chi connectivity index (χ1v) is 7.79. The maximum absolute atomic E-state index is 11.2. The highest BCUT2D eigenvalue weighted by atomic mass is 16.5. The van der Waals surface area contributed by atoms with Crippen molar-refractivity contribution in [2.45, 2.75) is 32.5 Å². The Balaban J connectivity index is 1.89. The molecular formula is C19H22O4. The lowest BCUT2D eigenvalue weighted by Gasteiger charge is -2.13. The van der Waals surface area contributed by atoms with E-state index in [1.807, 2.05) is 61.5 Å². The van der Waals surface area contributed by atoms with Crippen molar-refractivity contribution in [2.24, 2.45) is 0 Å². The molecule has 0 aliphatic heterocycles. The molecule has 0 saturated carbocycles. The smallest absolute Gasteiger partial charge is 0.333 e. The summed E-state index contributed by atoms with van der Waals surface area (Å²) >= 11 is 0. The third-order valence-corrected chi connectivity index (χ3v) is 3.39. The number of carboxylic acid groups (broad SMARTS) is 1. The minimum atomic E-state index is -0.928. The Bertz CT molecular complexity index is 593. The van der Waals surface area contributed by atoms with E-state index in [4.69, 9.17) is 9.47 Å². The molecule has 0 aliphatic rings. The number of hydrogen-bond acceptors (Lipinski definition) is 3. The minimum absolute atomic E-state index is 0.355. The van der Waals surface area contributed by atoms with Crippen LogP contribution in [0.15, 0.2) is 54.6 Å². The number of rotatable bonds is 9. The van der Waals surface area contributed by atoms with Gasteiger partial charge in [0.25, 0.3) is 0 Å². The monoisotopic (exact) mass is 314 g/mol. The van der Waals surface area contributed by atoms with Crippen LogP contribution in [0.4, 0.5) is 0 Å². The predicted molar refractivity (Wildman–Crippen MR) is 88.6 cm³/mol. The van der Waals surface area contributed by atoms with Crippen LogP contribution in [-0.2, 0) is 22.6 Å². The number of carboxylic acids is 1. The molecule has 2 aromatic rings. The molecule has 1 unspecified atom stereocenters. The summed E-state index contributed by atoms with van der Waals surface area (Å²) < 4.78 is 11.1. The first-order chi connectivity index (χ1) is 11.2. The summed E-state index contributed by atoms with van der Waals surface area (Å²) in [5.74, 6) is -0.165. The molecule has 0 radical (unpaired) electrons. The first-order valence-electron chi connectivity index (χ1n) is 7.79. The predicted octanol–water partition coefficient (Wildman–Crippen LogP) is 3.69. The van der Waals surface area contributed by atoms with Crippen LogP contribution in [0.1, 0.15) is 24.5 Å². The van der Waals surface area contributed by atoms with E-state index in [0.29, 0.717) is 19.6 Å². The largest absolute Gasteiger partial charge is 0.489 e. The van der Waals surface area contributed by atoms with E-state index in [9.17, 15) is 9.90 Å². The Morgan fingerprint density at radius 2 is 1.74 bits per heavy atom. The van der Waals surface area contributed by atoms with Gasteiger partial charge in [0.15, 0.2) is 6.10 Å². The standard InChI is InChI=1S/C19H22O4/c1-2-12-22-18(19(20)21)13-15-8-10-17(11-9-15)23-14-16-6-4-3-5-7-16/h3-11,18H,2,12-14H2,1H3,(H,20,21). The molecule has 0 aromatic heterocycles. The van der Waals surface area contributed by atoms with Gasteiger partial charge in [0.05, 0.1) is 0 Å². The normalized spacial score (nSPS) is 11.9. The SMILES string of the molecule is CCCOC(Cc1ccc(OCc2ccccc2)cc1)C(=O)O. The molecular weight excluding hydrogens is 292 g/mol. The van der Waals surface area contributed by atoms with Crippen LogP contribution in [-0.4, -0.2) is 23.8 Å². The molecule has 4 nitrogen and oxygen atoms in total. The summed E-state index contributed by atoms with van der Waals surface area (Å²) in [6.45, 7) is 2.92. The van der Waals surface area contributed by atoms with Crippen molar-refractivity contribution in [1.82, 2.24) is 0 Å². The highest BCUT2D eigenvalue weighted by Crippen LogP contribution is 2.16. The number of hydrogen-bond donors (Lipinski definition) is 1. The van der Waals surface area contributed by atoms with Crippen LogP contribution in [0.2, 0.25) is 0 Å². The second-order valence-electron chi connectivity index (χ2n) is 5.32. The maximum atomic E-state index is 11.2. The lowest BCUT2D eigenvalue weighted by molar-refractivity contribution is -0.150. The van der Waals surface area contributed by atoms with Crippen molar-refractivity contribution in [3.05, 3.63) is 65.7 Å². The maximum Gasteiger partial charge on any atom is 0.333 e. The van der Waals surface area contributed by atoms with Gasteiger partial charge in [0.1, 0.15) is 12.4 Å². The molecule has 1 N–H and O–H groups in total. The number of aliphatic carboxylic acids is 1. The summed E-state index contributed by atoms with van der Waals surface area (Å²) in [5.41, 5.74) is 2.02. The van der Waals surface area contributed by atoms with Crippen molar-refractivity contribution >= 4 is 5.97 Å². The van der Waals surface area contributed by atoms with Gasteiger partial charge in [0, 0.05) is 13.0 Å². The second-order valence-corrected chi connectivity index (χ2v) is 5.32. The molecule has 0 amide bonds. The second kappa shape index (κ2) is 8.96. The fourth-order valence-corrected chi connectivity index (χ4v) is 2.15. The van der Waals surface area contributed by atoms with Crippen molar-refractivity contribution in [2.75, 3.05) is 6.61 Å². The number of ether oxygens (including phenoxy) is 2. The van der Waals surface area contributed by atoms with Crippen molar-refractivity contribution in [3.63, 3.8) is 0 Å². The van der Waals surface area contributed by atoms with Gasteiger partial charge in [-0.2, -0.15) is 0 Å². The Labute approximate surface area is 136 Å². The highest BCUT2D eigenvalue weighted by molar-refractivity contribution is 5.72. The summed E-state index contributed by atoms with van der Waals surface area (Å²) in [5, 5.41) is 9.18. The van der Waals surface area contributed by atoms with Crippen LogP contribution < -0.4 is 4.74 Å². The molecule has 4 heteroatoms. The zero-order chi connectivity index (χ0) is 16.5. The molecule has 2 aromatic carbocycles. The van der Waals surface area contributed by atoms with Crippen LogP contribution in [0, 0.1) is 0 Å². The third-order valence-electron chi connectivity index (χ3n) is 3.39. The van der Waals surface area contributed by atoms with Crippen molar-refractivity contribution in [1.29, 1.82) is 0 Å². The van der Waals surface area contributed by atoms with Gasteiger partial charge in [-0.1, -0.05) is 49.4 Å². The fraction of sp³-hybridized carbons (Fsp3) is 0.316. The molecule has 0 spiro atoms. The number of carbonyl (C=O) groups is 1. The summed E-state index contributed by atoms with van der Waals surface area (Å²) in [6.07, 6.45) is 0.357. The minimum Gasteiger partial charge on any atom is -0.489 e. The Morgan fingerprint density at radius 3 is 2.35 bits per heavy atom. The van der Waals surface area contributed by atoms with Crippen molar-refractivity contribution < 1.29 is 19.4 Å². The molecule has 0 bridgehead atoms. The topological polar surface area (TPSA) is 55.8 Å². The number of benzene rings is 2. The average Bonchev–Trinajstić information content (AvgIpc) is 2.58. The van der Waals surface area contributed by atoms with Crippen LogP contribution in [0.5, 0.6) is 5.75 Å². The van der Waals surface area contributed by atoms with Gasteiger partial charge in [-0.05, 0) is 29.7 Å². The third kappa shape index (κ3) is 5.75. The average molecular weight is 314 g/mol. The zero-order valence-corrected chi connectivity index (χ0v) is 13.3. The van der Waals surface area contributed by atoms with Gasteiger partial charge in [-0.3, -0.25) is 0 Å². The Morgan fingerprint density at radius 1 is 1.04 bits per heavy atom. The molecule has 1 atom stereocenters. The van der Waals surface area contributed by atoms with Crippen LogP contribution in [0.3, 0.4) is 0 Å². The molecule has 0 fully saturated rings. The van der Waals surface area contributed by atoms with Crippen LogP contribution >= 0.6 is 0 Å². The molecule has 122 valence electrons. The summed E-state index contributed by atoms with van der Waals surface area (Å²) in [7, 11) is 0. The fourth-order valence-electron chi connectivity index (χ4n) is 2.15. The van der Waals surface area contributed by atoms with E-state index in [2.05, 4.69) is 0 Å². The van der Waals surface area contributed by atoms with E-state index in [1.54, 1.807) is 0 Å². The van der Waals surface area contributed by atoms with Gasteiger partial charge in [-0.25, -0.2) is 4.79 Å². The molecule has 0 aliphatic carbocycles. The van der Waals surface area contributed by atoms with E-state index in [-0.39, 0.29) is 0 Å². The lowest BCUT2D eigenvalue weighted by atomic mass is 10.1. The van der Waals surface area contributed by atoms with Crippen LogP contribution in [0.25, 0.3) is 0 Å². The van der Waals surface area contributed by atoms with Crippen molar-refractivity contribution in [3.8, 4) is 5.75 Å². The quantitative estimate of drug-likeness (QED) is 0.767. The van der Waals surface area contributed by atoms with E-state index >= 15 is 0 Å². The molecule has 2 rings (SSSR count). The van der Waals surface area contributed by atoms with Gasteiger partial charge < -0.3 is 14.6 Å². The van der Waals surface area contributed by atoms with Gasteiger partial charge in [-0.15, -0.1) is 0 Å². The van der Waals surface area contributed by atoms with Gasteiger partial charge in [0.2, 0.25) is 0 Å². The van der Waals surface area contributed by atoms with Gasteiger partial charge >= 0.3 is 5.97 Å². The highest BCUT2D eigenvalue weighted by Gasteiger charge is 2.18. The van der Waals surface area contributed by atoms with E-state index in [0.717, 1.165) is 23.3 Å². The van der Waals surface area contributed by atoms with E-state index < -0.39 is 12.1 Å². The summed E-state index contributed by atoms with van der Waals surface area (Å²) in [6, 6.07) is 17.4. The first kappa shape index (κ1) is 17.0. The molecule has 0 heterocycles.